The quantitative estimate of drug-likeness (QED) is 0.414. The first-order valence-corrected chi connectivity index (χ1v) is 11.5. The zero-order valence-corrected chi connectivity index (χ0v) is 18.8. The molecule has 0 heterocycles. The molecule has 2 rings (SSSR count). The number of hydrogen-bond acceptors (Lipinski definition) is 5. The molecular formula is C22H29N3O5S. The number of benzene rings is 2. The lowest BCUT2D eigenvalue weighted by atomic mass is 10.1. The Labute approximate surface area is 183 Å². The maximum absolute atomic E-state index is 12.6. The van der Waals surface area contributed by atoms with Crippen LogP contribution in [0.2, 0.25) is 0 Å². The van der Waals surface area contributed by atoms with E-state index in [2.05, 4.69) is 15.4 Å². The fourth-order valence-electron chi connectivity index (χ4n) is 3.32. The first-order chi connectivity index (χ1) is 14.6. The number of aryl methyl sites for hydroxylation is 3. The maximum atomic E-state index is 12.6. The minimum Gasteiger partial charge on any atom is -0.508 e. The molecular weight excluding hydrogens is 418 g/mol. The number of phenolic OH excluding ortho intramolecular Hbond substituents is 1. The number of carbonyl (C=O) groups is 2. The molecule has 0 aliphatic rings. The third kappa shape index (κ3) is 7.37. The van der Waals surface area contributed by atoms with Crippen molar-refractivity contribution < 1.29 is 23.1 Å². The molecule has 31 heavy (non-hydrogen) atoms. The summed E-state index contributed by atoms with van der Waals surface area (Å²) in [6.45, 7) is 6.11. The largest absolute Gasteiger partial charge is 0.508 e. The molecule has 9 heteroatoms. The summed E-state index contributed by atoms with van der Waals surface area (Å²) in [5, 5.41) is 14.8. The summed E-state index contributed by atoms with van der Waals surface area (Å²) in [5.41, 5.74) is 2.69. The van der Waals surface area contributed by atoms with Crippen molar-refractivity contribution in [3.8, 4) is 5.75 Å². The molecule has 168 valence electrons. The van der Waals surface area contributed by atoms with Crippen molar-refractivity contribution in [2.45, 2.75) is 38.5 Å². The van der Waals surface area contributed by atoms with E-state index in [9.17, 15) is 23.1 Å². The number of carbonyl (C=O) groups excluding carboxylic acids is 2. The number of hydrogen-bond donors (Lipinski definition) is 4. The van der Waals surface area contributed by atoms with Crippen LogP contribution in [0.25, 0.3) is 0 Å². The van der Waals surface area contributed by atoms with E-state index in [0.717, 1.165) is 5.56 Å². The van der Waals surface area contributed by atoms with Crippen molar-refractivity contribution in [3.63, 3.8) is 0 Å². The molecule has 0 saturated carbocycles. The lowest BCUT2D eigenvalue weighted by molar-refractivity contribution is -0.120. The molecule has 0 bridgehead atoms. The van der Waals surface area contributed by atoms with E-state index >= 15 is 0 Å². The van der Waals surface area contributed by atoms with E-state index in [-0.39, 0.29) is 35.4 Å². The van der Waals surface area contributed by atoms with Crippen molar-refractivity contribution in [1.29, 1.82) is 0 Å². The highest BCUT2D eigenvalue weighted by atomic mass is 32.2. The van der Waals surface area contributed by atoms with Gasteiger partial charge in [-0.2, -0.15) is 0 Å². The van der Waals surface area contributed by atoms with E-state index in [1.54, 1.807) is 26.0 Å². The zero-order chi connectivity index (χ0) is 23.0. The second-order valence-corrected chi connectivity index (χ2v) is 9.09. The highest BCUT2D eigenvalue weighted by Crippen LogP contribution is 2.21. The van der Waals surface area contributed by atoms with E-state index in [4.69, 9.17) is 0 Å². The average molecular weight is 448 g/mol. The Bertz CT molecular complexity index is 1030. The summed E-state index contributed by atoms with van der Waals surface area (Å²) < 4.78 is 27.6. The summed E-state index contributed by atoms with van der Waals surface area (Å²) in [5.74, 6) is -0.569. The zero-order valence-electron chi connectivity index (χ0n) is 18.0. The Morgan fingerprint density at radius 1 is 0.935 bits per heavy atom. The van der Waals surface area contributed by atoms with Gasteiger partial charge in [-0.1, -0.05) is 23.8 Å². The van der Waals surface area contributed by atoms with Gasteiger partial charge in [-0.3, -0.25) is 9.59 Å². The summed E-state index contributed by atoms with van der Waals surface area (Å²) >= 11 is 0. The molecule has 0 atom stereocenters. The van der Waals surface area contributed by atoms with Crippen LogP contribution in [-0.4, -0.2) is 45.0 Å². The molecule has 0 aromatic heterocycles. The van der Waals surface area contributed by atoms with Gasteiger partial charge in [0.1, 0.15) is 5.75 Å². The van der Waals surface area contributed by atoms with E-state index in [0.29, 0.717) is 36.2 Å². The molecule has 0 fully saturated rings. The molecule has 0 radical (unpaired) electrons. The van der Waals surface area contributed by atoms with E-state index < -0.39 is 10.0 Å². The van der Waals surface area contributed by atoms with Crippen LogP contribution in [0, 0.1) is 20.8 Å². The van der Waals surface area contributed by atoms with Gasteiger partial charge in [-0.05, 0) is 56.5 Å². The van der Waals surface area contributed by atoms with E-state index in [1.807, 2.05) is 19.1 Å². The van der Waals surface area contributed by atoms with Crippen molar-refractivity contribution in [3.05, 3.63) is 58.7 Å². The first kappa shape index (κ1) is 24.4. The van der Waals surface area contributed by atoms with Crippen molar-refractivity contribution in [1.82, 2.24) is 15.4 Å². The number of phenols is 1. The van der Waals surface area contributed by atoms with Gasteiger partial charge in [0.15, 0.2) is 0 Å². The van der Waals surface area contributed by atoms with Crippen LogP contribution in [-0.2, 0) is 14.8 Å². The predicted octanol–water partition coefficient (Wildman–Crippen LogP) is 1.92. The maximum Gasteiger partial charge on any atom is 0.251 e. The molecule has 0 spiro atoms. The van der Waals surface area contributed by atoms with Crippen LogP contribution in [0.15, 0.2) is 41.3 Å². The Morgan fingerprint density at radius 3 is 2.23 bits per heavy atom. The summed E-state index contributed by atoms with van der Waals surface area (Å²) in [6, 6.07) is 9.66. The number of amides is 2. The lowest BCUT2D eigenvalue weighted by Gasteiger charge is -2.13. The Hall–Kier alpha value is -2.91. The molecule has 0 unspecified atom stereocenters. The van der Waals surface area contributed by atoms with Gasteiger partial charge in [0, 0.05) is 31.6 Å². The summed E-state index contributed by atoms with van der Waals surface area (Å²) in [6.07, 6.45) is 0.530. The third-order valence-corrected chi connectivity index (χ3v) is 6.35. The topological polar surface area (TPSA) is 125 Å². The normalized spacial score (nSPS) is 11.2. The van der Waals surface area contributed by atoms with Crippen LogP contribution in [0.4, 0.5) is 0 Å². The predicted molar refractivity (Wildman–Crippen MR) is 119 cm³/mol. The smallest absolute Gasteiger partial charge is 0.251 e. The standard InChI is InChI=1S/C22H29N3O5S/c1-15-12-16(2)21(17(3)13-15)31(29,30)25-11-8-20(27)23-9-5-10-24-22(28)18-6-4-7-19(26)14-18/h4,6-7,12-14,25-26H,5,8-11H2,1-3H3,(H,23,27)(H,24,28). The molecule has 2 aromatic carbocycles. The summed E-state index contributed by atoms with van der Waals surface area (Å²) in [7, 11) is -3.70. The van der Waals surface area contributed by atoms with E-state index in [1.165, 1.54) is 12.1 Å². The molecule has 4 N–H and O–H groups in total. The van der Waals surface area contributed by atoms with Gasteiger partial charge in [-0.25, -0.2) is 13.1 Å². The van der Waals surface area contributed by atoms with Gasteiger partial charge in [0.05, 0.1) is 4.90 Å². The Morgan fingerprint density at radius 2 is 1.58 bits per heavy atom. The highest BCUT2D eigenvalue weighted by molar-refractivity contribution is 7.89. The number of rotatable bonds is 10. The molecule has 0 aliphatic carbocycles. The molecule has 0 saturated heterocycles. The minimum atomic E-state index is -3.70. The number of aromatic hydroxyl groups is 1. The second kappa shape index (κ2) is 10.9. The third-order valence-electron chi connectivity index (χ3n) is 4.59. The van der Waals surface area contributed by atoms with Crippen LogP contribution in [0.1, 0.15) is 39.9 Å². The fraction of sp³-hybridized carbons (Fsp3) is 0.364. The lowest BCUT2D eigenvalue weighted by Crippen LogP contribution is -2.33. The molecule has 0 aliphatic heterocycles. The van der Waals surface area contributed by atoms with Crippen LogP contribution < -0.4 is 15.4 Å². The summed E-state index contributed by atoms with van der Waals surface area (Å²) in [4.78, 5) is 24.1. The SMILES string of the molecule is Cc1cc(C)c(S(=O)(=O)NCCC(=O)NCCCNC(=O)c2cccc(O)c2)c(C)c1. The van der Waals surface area contributed by atoms with Crippen LogP contribution in [0.5, 0.6) is 5.75 Å². The highest BCUT2D eigenvalue weighted by Gasteiger charge is 2.19. The number of sulfonamides is 1. The number of nitrogens with one attached hydrogen (secondary N) is 3. The van der Waals surface area contributed by atoms with Gasteiger partial charge < -0.3 is 15.7 Å². The Kier molecular flexibility index (Phi) is 8.58. The van der Waals surface area contributed by atoms with Crippen molar-refractivity contribution in [2.24, 2.45) is 0 Å². The van der Waals surface area contributed by atoms with Crippen LogP contribution >= 0.6 is 0 Å². The molecule has 8 nitrogen and oxygen atoms in total. The van der Waals surface area contributed by atoms with Gasteiger partial charge in [-0.15, -0.1) is 0 Å². The van der Waals surface area contributed by atoms with Gasteiger partial charge in [0.2, 0.25) is 15.9 Å². The van der Waals surface area contributed by atoms with Crippen molar-refractivity contribution in [2.75, 3.05) is 19.6 Å². The van der Waals surface area contributed by atoms with Crippen LogP contribution in [0.3, 0.4) is 0 Å². The van der Waals surface area contributed by atoms with Gasteiger partial charge >= 0.3 is 0 Å². The Balaban J connectivity index is 1.69. The van der Waals surface area contributed by atoms with Gasteiger partial charge in [0.25, 0.3) is 5.91 Å². The monoisotopic (exact) mass is 447 g/mol. The first-order valence-electron chi connectivity index (χ1n) is 10.0. The molecule has 2 amide bonds. The van der Waals surface area contributed by atoms with Crippen molar-refractivity contribution >= 4 is 21.8 Å². The second-order valence-electron chi connectivity index (χ2n) is 7.39. The molecule has 2 aromatic rings. The fourth-order valence-corrected chi connectivity index (χ4v) is 4.80. The average Bonchev–Trinajstić information content (AvgIpc) is 2.66. The minimum absolute atomic E-state index is 0.00480.